The molecule has 78 valence electrons. The lowest BCUT2D eigenvalue weighted by Gasteiger charge is -2.05. The van der Waals surface area contributed by atoms with Crippen molar-refractivity contribution in [3.8, 4) is 0 Å². The molecular formula is C11H19N3. The molecule has 0 aliphatic heterocycles. The van der Waals surface area contributed by atoms with Gasteiger partial charge in [-0.3, -0.25) is 0 Å². The summed E-state index contributed by atoms with van der Waals surface area (Å²) in [6.45, 7) is 8.49. The van der Waals surface area contributed by atoms with E-state index in [-0.39, 0.29) is 0 Å². The first-order valence-electron chi connectivity index (χ1n) is 5.34. The molecule has 0 amide bonds. The van der Waals surface area contributed by atoms with E-state index >= 15 is 0 Å². The second-order valence-corrected chi connectivity index (χ2v) is 4.71. The molecule has 2 N–H and O–H groups in total. The molecule has 14 heavy (non-hydrogen) atoms. The Morgan fingerprint density at radius 3 is 2.79 bits per heavy atom. The van der Waals surface area contributed by atoms with E-state index in [4.69, 9.17) is 5.73 Å². The van der Waals surface area contributed by atoms with E-state index in [1.165, 1.54) is 5.82 Å². The van der Waals surface area contributed by atoms with Gasteiger partial charge in [0.25, 0.3) is 0 Å². The molecule has 0 spiro atoms. The average molecular weight is 193 g/mol. The van der Waals surface area contributed by atoms with Crippen LogP contribution in [0.15, 0.2) is 12.4 Å². The Kier molecular flexibility index (Phi) is 2.14. The van der Waals surface area contributed by atoms with Gasteiger partial charge < -0.3 is 10.3 Å². The van der Waals surface area contributed by atoms with E-state index in [2.05, 4.69) is 36.5 Å². The lowest BCUT2D eigenvalue weighted by molar-refractivity contribution is 0.550. The van der Waals surface area contributed by atoms with Crippen LogP contribution in [0.4, 0.5) is 0 Å². The van der Waals surface area contributed by atoms with E-state index in [0.29, 0.717) is 17.3 Å². The van der Waals surface area contributed by atoms with E-state index in [1.54, 1.807) is 0 Å². The zero-order chi connectivity index (χ0) is 10.3. The Morgan fingerprint density at radius 2 is 2.29 bits per heavy atom. The predicted octanol–water partition coefficient (Wildman–Crippen LogP) is 1.60. The number of aromatic nitrogens is 2. The number of aryl methyl sites for hydroxylation is 1. The van der Waals surface area contributed by atoms with Crippen molar-refractivity contribution in [3.05, 3.63) is 18.2 Å². The Hall–Kier alpha value is -0.830. The molecule has 1 fully saturated rings. The van der Waals surface area contributed by atoms with E-state index in [1.807, 2.05) is 6.20 Å². The second kappa shape index (κ2) is 3.09. The maximum absolute atomic E-state index is 5.76. The summed E-state index contributed by atoms with van der Waals surface area (Å²) in [5.41, 5.74) is 6.10. The van der Waals surface area contributed by atoms with Crippen molar-refractivity contribution >= 4 is 0 Å². The van der Waals surface area contributed by atoms with Gasteiger partial charge in [0, 0.05) is 24.9 Å². The Labute approximate surface area is 85.3 Å². The quantitative estimate of drug-likeness (QED) is 0.792. The minimum absolute atomic E-state index is 0.340. The van der Waals surface area contributed by atoms with Crippen molar-refractivity contribution in [1.82, 2.24) is 9.55 Å². The number of nitrogens with two attached hydrogens (primary N) is 1. The molecule has 1 aliphatic carbocycles. The van der Waals surface area contributed by atoms with Crippen molar-refractivity contribution in [3.63, 3.8) is 0 Å². The maximum atomic E-state index is 5.76. The van der Waals surface area contributed by atoms with Gasteiger partial charge in [0.05, 0.1) is 0 Å². The number of imidazole rings is 1. The molecule has 3 heteroatoms. The summed E-state index contributed by atoms with van der Waals surface area (Å²) < 4.78 is 2.22. The molecule has 0 unspecified atom stereocenters. The first-order chi connectivity index (χ1) is 6.62. The Balaban J connectivity index is 2.26. The summed E-state index contributed by atoms with van der Waals surface area (Å²) in [4.78, 5) is 4.45. The lowest BCUT2D eigenvalue weighted by Crippen LogP contribution is -2.06. The molecule has 0 aromatic carbocycles. The van der Waals surface area contributed by atoms with Crippen LogP contribution in [0.5, 0.6) is 0 Å². The topological polar surface area (TPSA) is 43.8 Å². The molecule has 1 aliphatic rings. The Bertz CT molecular complexity index is 327. The third-order valence-electron chi connectivity index (χ3n) is 3.67. The summed E-state index contributed by atoms with van der Waals surface area (Å²) in [7, 11) is 0. The standard InChI is InChI=1S/C11H19N3/c1-4-14-6-5-13-10(14)9-8(7-12)11(9,2)3/h5-6,8-9H,4,7,12H2,1-3H3/t8-,9+/m0/s1. The van der Waals surface area contributed by atoms with E-state index < -0.39 is 0 Å². The van der Waals surface area contributed by atoms with Gasteiger partial charge in [0.15, 0.2) is 0 Å². The van der Waals surface area contributed by atoms with Crippen LogP contribution in [0.25, 0.3) is 0 Å². The molecule has 0 radical (unpaired) electrons. The van der Waals surface area contributed by atoms with Crippen LogP contribution in [0, 0.1) is 11.3 Å². The van der Waals surface area contributed by atoms with Gasteiger partial charge in [0.2, 0.25) is 0 Å². The zero-order valence-electron chi connectivity index (χ0n) is 9.20. The molecular weight excluding hydrogens is 174 g/mol. The molecule has 3 nitrogen and oxygen atoms in total. The molecule has 2 rings (SSSR count). The Morgan fingerprint density at radius 1 is 1.57 bits per heavy atom. The van der Waals surface area contributed by atoms with Gasteiger partial charge in [0.1, 0.15) is 5.82 Å². The molecule has 0 bridgehead atoms. The number of nitrogens with zero attached hydrogens (tertiary/aromatic N) is 2. The van der Waals surface area contributed by atoms with Gasteiger partial charge in [-0.15, -0.1) is 0 Å². The van der Waals surface area contributed by atoms with Crippen LogP contribution < -0.4 is 5.73 Å². The van der Waals surface area contributed by atoms with Gasteiger partial charge in [-0.2, -0.15) is 0 Å². The molecule has 2 atom stereocenters. The third kappa shape index (κ3) is 1.19. The molecule has 0 saturated heterocycles. The van der Waals surface area contributed by atoms with Gasteiger partial charge >= 0.3 is 0 Å². The minimum Gasteiger partial charge on any atom is -0.335 e. The summed E-state index contributed by atoms with van der Waals surface area (Å²) in [5, 5.41) is 0. The molecule has 1 aromatic rings. The highest BCUT2D eigenvalue weighted by molar-refractivity contribution is 5.22. The van der Waals surface area contributed by atoms with Crippen molar-refractivity contribution in [2.75, 3.05) is 6.54 Å². The minimum atomic E-state index is 0.340. The molecule has 1 saturated carbocycles. The zero-order valence-corrected chi connectivity index (χ0v) is 9.20. The first-order valence-corrected chi connectivity index (χ1v) is 5.34. The average Bonchev–Trinajstić information content (AvgIpc) is 2.55. The van der Waals surface area contributed by atoms with Crippen molar-refractivity contribution in [1.29, 1.82) is 0 Å². The van der Waals surface area contributed by atoms with Crippen LogP contribution in [0.1, 0.15) is 32.5 Å². The van der Waals surface area contributed by atoms with Crippen molar-refractivity contribution < 1.29 is 0 Å². The monoisotopic (exact) mass is 193 g/mol. The summed E-state index contributed by atoms with van der Waals surface area (Å²) in [6, 6.07) is 0. The van der Waals surface area contributed by atoms with Gasteiger partial charge in [-0.1, -0.05) is 13.8 Å². The van der Waals surface area contributed by atoms with Crippen LogP contribution in [0.2, 0.25) is 0 Å². The number of rotatable bonds is 3. The fourth-order valence-electron chi connectivity index (χ4n) is 2.56. The normalized spacial score (nSPS) is 29.1. The van der Waals surface area contributed by atoms with Crippen LogP contribution in [-0.4, -0.2) is 16.1 Å². The van der Waals surface area contributed by atoms with Crippen LogP contribution >= 0.6 is 0 Å². The highest BCUT2D eigenvalue weighted by Crippen LogP contribution is 2.63. The van der Waals surface area contributed by atoms with Gasteiger partial charge in [-0.05, 0) is 24.8 Å². The van der Waals surface area contributed by atoms with Crippen LogP contribution in [-0.2, 0) is 6.54 Å². The largest absolute Gasteiger partial charge is 0.335 e. The summed E-state index contributed by atoms with van der Waals surface area (Å²) in [6.07, 6.45) is 3.94. The highest BCUT2D eigenvalue weighted by Gasteiger charge is 2.59. The van der Waals surface area contributed by atoms with Gasteiger partial charge in [-0.25, -0.2) is 4.98 Å². The number of hydrogen-bond donors (Lipinski definition) is 1. The summed E-state index contributed by atoms with van der Waals surface area (Å²) >= 11 is 0. The smallest absolute Gasteiger partial charge is 0.112 e. The molecule has 1 heterocycles. The summed E-state index contributed by atoms with van der Waals surface area (Å²) in [5.74, 6) is 2.38. The van der Waals surface area contributed by atoms with E-state index in [0.717, 1.165) is 13.1 Å². The third-order valence-corrected chi connectivity index (χ3v) is 3.67. The van der Waals surface area contributed by atoms with E-state index in [9.17, 15) is 0 Å². The maximum Gasteiger partial charge on any atom is 0.112 e. The fraction of sp³-hybridized carbons (Fsp3) is 0.727. The predicted molar refractivity (Wildman–Crippen MR) is 57.0 cm³/mol. The SMILES string of the molecule is CCn1ccnc1[C@H]1[C@H](CN)C1(C)C. The number of hydrogen-bond acceptors (Lipinski definition) is 2. The van der Waals surface area contributed by atoms with Crippen LogP contribution in [0.3, 0.4) is 0 Å². The highest BCUT2D eigenvalue weighted by atomic mass is 15.1. The van der Waals surface area contributed by atoms with Crippen molar-refractivity contribution in [2.45, 2.75) is 33.2 Å². The molecule has 1 aromatic heterocycles. The first kappa shape index (κ1) is 9.71. The lowest BCUT2D eigenvalue weighted by atomic mass is 10.1. The second-order valence-electron chi connectivity index (χ2n) is 4.71. The fourth-order valence-corrected chi connectivity index (χ4v) is 2.56. The van der Waals surface area contributed by atoms with Crippen molar-refractivity contribution in [2.24, 2.45) is 17.1 Å².